The fourth-order valence-corrected chi connectivity index (χ4v) is 1.09. The molecule has 0 fully saturated rings. The molecule has 1 aromatic carbocycles. The number of aryl methyl sites for hydroxylation is 1. The van der Waals surface area contributed by atoms with E-state index in [-0.39, 0.29) is 4.69 Å². The number of carbonyl (C=O) groups excluding carboxylic acids is 1. The van der Waals surface area contributed by atoms with Gasteiger partial charge in [0.1, 0.15) is 0 Å². The van der Waals surface area contributed by atoms with Gasteiger partial charge >= 0.3 is 0 Å². The van der Waals surface area contributed by atoms with Crippen molar-refractivity contribution >= 4 is 20.6 Å². The molecule has 0 radical (unpaired) electrons. The first-order valence-electron chi connectivity index (χ1n) is 3.51. The van der Waals surface area contributed by atoms with Crippen molar-refractivity contribution in [3.8, 4) is 0 Å². The highest BCUT2D eigenvalue weighted by atomic mass is 79.9. The Hall–Kier alpha value is -0.630. The Labute approximate surface area is 74.6 Å². The van der Waals surface area contributed by atoms with E-state index in [9.17, 15) is 4.79 Å². The standard InChI is InChI=1S/C9H9BrO/c10-9(11)7-6-8-4-2-1-3-5-8/h1-5H,6-7H2. The first kappa shape index (κ1) is 8.47. The first-order chi connectivity index (χ1) is 5.29. The van der Waals surface area contributed by atoms with Crippen molar-refractivity contribution in [1.29, 1.82) is 0 Å². The van der Waals surface area contributed by atoms with Crippen LogP contribution in [0.25, 0.3) is 0 Å². The molecule has 0 aliphatic heterocycles. The molecule has 2 heteroatoms. The van der Waals surface area contributed by atoms with E-state index < -0.39 is 0 Å². The summed E-state index contributed by atoms with van der Waals surface area (Å²) in [7, 11) is 0. The summed E-state index contributed by atoms with van der Waals surface area (Å²) >= 11 is 2.89. The van der Waals surface area contributed by atoms with Gasteiger partial charge in [-0.25, -0.2) is 0 Å². The van der Waals surface area contributed by atoms with E-state index in [2.05, 4.69) is 15.9 Å². The lowest BCUT2D eigenvalue weighted by Crippen LogP contribution is -1.89. The van der Waals surface area contributed by atoms with Gasteiger partial charge < -0.3 is 0 Å². The second-order valence-corrected chi connectivity index (χ2v) is 3.23. The fraction of sp³-hybridized carbons (Fsp3) is 0.222. The van der Waals surface area contributed by atoms with E-state index in [4.69, 9.17) is 0 Å². The minimum Gasteiger partial charge on any atom is -0.287 e. The second-order valence-electron chi connectivity index (χ2n) is 2.34. The lowest BCUT2D eigenvalue weighted by molar-refractivity contribution is -0.110. The summed E-state index contributed by atoms with van der Waals surface area (Å²) in [6.45, 7) is 0. The van der Waals surface area contributed by atoms with Crippen molar-refractivity contribution in [2.24, 2.45) is 0 Å². The number of carbonyl (C=O) groups is 1. The predicted octanol–water partition coefficient (Wildman–Crippen LogP) is 2.54. The molecule has 0 heterocycles. The molecule has 1 nitrogen and oxygen atoms in total. The third kappa shape index (κ3) is 3.33. The zero-order chi connectivity index (χ0) is 8.10. The van der Waals surface area contributed by atoms with Crippen molar-refractivity contribution in [2.75, 3.05) is 0 Å². The Balaban J connectivity index is 2.45. The number of hydrogen-bond acceptors (Lipinski definition) is 1. The molecule has 0 saturated heterocycles. The fourth-order valence-electron chi connectivity index (χ4n) is 0.887. The molecule has 0 aliphatic carbocycles. The Morgan fingerprint density at radius 1 is 1.27 bits per heavy atom. The van der Waals surface area contributed by atoms with Gasteiger partial charge in [-0.2, -0.15) is 0 Å². The zero-order valence-electron chi connectivity index (χ0n) is 6.09. The van der Waals surface area contributed by atoms with E-state index in [1.54, 1.807) is 0 Å². The van der Waals surface area contributed by atoms with Crippen LogP contribution in [0.5, 0.6) is 0 Å². The van der Waals surface area contributed by atoms with Gasteiger partial charge in [0.25, 0.3) is 0 Å². The predicted molar refractivity (Wildman–Crippen MR) is 48.7 cm³/mol. The van der Waals surface area contributed by atoms with Crippen molar-refractivity contribution in [3.05, 3.63) is 35.9 Å². The Morgan fingerprint density at radius 2 is 1.91 bits per heavy atom. The normalized spacial score (nSPS) is 9.55. The summed E-state index contributed by atoms with van der Waals surface area (Å²) in [6.07, 6.45) is 1.40. The van der Waals surface area contributed by atoms with Gasteiger partial charge in [0.15, 0.2) is 4.69 Å². The quantitative estimate of drug-likeness (QED) is 0.705. The Kier molecular flexibility index (Phi) is 3.30. The summed E-state index contributed by atoms with van der Waals surface area (Å²) in [4.78, 5) is 10.5. The van der Waals surface area contributed by atoms with E-state index >= 15 is 0 Å². The van der Waals surface area contributed by atoms with E-state index in [0.717, 1.165) is 6.42 Å². The lowest BCUT2D eigenvalue weighted by atomic mass is 10.1. The largest absolute Gasteiger partial charge is 0.287 e. The zero-order valence-corrected chi connectivity index (χ0v) is 7.67. The molecule has 11 heavy (non-hydrogen) atoms. The van der Waals surface area contributed by atoms with Crippen LogP contribution in [0, 0.1) is 0 Å². The van der Waals surface area contributed by atoms with Crippen LogP contribution in [0.2, 0.25) is 0 Å². The van der Waals surface area contributed by atoms with Gasteiger partial charge in [0, 0.05) is 6.42 Å². The molecule has 0 bridgehead atoms. The average molecular weight is 213 g/mol. The maximum atomic E-state index is 10.5. The summed E-state index contributed by atoms with van der Waals surface area (Å²) in [6, 6.07) is 9.98. The average Bonchev–Trinajstić information content (AvgIpc) is 2.03. The summed E-state index contributed by atoms with van der Waals surface area (Å²) < 4.78 is 0.0707. The molecule has 0 spiro atoms. The van der Waals surface area contributed by atoms with Crippen molar-refractivity contribution in [1.82, 2.24) is 0 Å². The molecule has 0 saturated carbocycles. The molecule has 1 aromatic rings. The maximum Gasteiger partial charge on any atom is 0.198 e. The van der Waals surface area contributed by atoms with Crippen LogP contribution in [0.1, 0.15) is 12.0 Å². The number of benzene rings is 1. The third-order valence-corrected chi connectivity index (χ3v) is 1.85. The maximum absolute atomic E-state index is 10.5. The van der Waals surface area contributed by atoms with Crippen molar-refractivity contribution in [2.45, 2.75) is 12.8 Å². The molecule has 1 rings (SSSR count). The van der Waals surface area contributed by atoms with Crippen LogP contribution in [0.4, 0.5) is 0 Å². The second kappa shape index (κ2) is 4.29. The SMILES string of the molecule is O=C(Br)CCc1ccccc1. The number of halogens is 1. The molecule has 0 aliphatic rings. The highest BCUT2D eigenvalue weighted by Crippen LogP contribution is 2.04. The van der Waals surface area contributed by atoms with E-state index in [1.807, 2.05) is 30.3 Å². The van der Waals surface area contributed by atoms with Crippen LogP contribution in [-0.4, -0.2) is 4.69 Å². The van der Waals surface area contributed by atoms with E-state index in [0.29, 0.717) is 6.42 Å². The smallest absolute Gasteiger partial charge is 0.198 e. The monoisotopic (exact) mass is 212 g/mol. The van der Waals surface area contributed by atoms with Crippen molar-refractivity contribution < 1.29 is 4.79 Å². The molecule has 0 unspecified atom stereocenters. The minimum absolute atomic E-state index is 0.0707. The lowest BCUT2D eigenvalue weighted by Gasteiger charge is -1.95. The van der Waals surface area contributed by atoms with Crippen LogP contribution in [0.15, 0.2) is 30.3 Å². The van der Waals surface area contributed by atoms with Gasteiger partial charge in [-0.15, -0.1) is 0 Å². The highest BCUT2D eigenvalue weighted by Gasteiger charge is 1.95. The topological polar surface area (TPSA) is 17.1 Å². The molecular formula is C9H9BrO. The Bertz CT molecular complexity index is 231. The van der Waals surface area contributed by atoms with Crippen molar-refractivity contribution in [3.63, 3.8) is 0 Å². The minimum atomic E-state index is 0.0707. The summed E-state index contributed by atoms with van der Waals surface area (Å²) in [5.74, 6) is 0. The molecule has 0 amide bonds. The molecule has 0 aromatic heterocycles. The van der Waals surface area contributed by atoms with E-state index in [1.165, 1.54) is 5.56 Å². The van der Waals surface area contributed by atoms with Crippen LogP contribution in [-0.2, 0) is 11.2 Å². The molecule has 0 N–H and O–H groups in total. The summed E-state index contributed by atoms with van der Waals surface area (Å²) in [5.41, 5.74) is 1.21. The van der Waals surface area contributed by atoms with Crippen LogP contribution in [0.3, 0.4) is 0 Å². The highest BCUT2D eigenvalue weighted by molar-refractivity contribution is 9.18. The van der Waals surface area contributed by atoms with Gasteiger partial charge in [-0.1, -0.05) is 30.3 Å². The van der Waals surface area contributed by atoms with Gasteiger partial charge in [0.2, 0.25) is 0 Å². The van der Waals surface area contributed by atoms with Gasteiger partial charge in [-0.05, 0) is 27.9 Å². The third-order valence-electron chi connectivity index (χ3n) is 1.45. The molecule has 58 valence electrons. The van der Waals surface area contributed by atoms with Gasteiger partial charge in [0.05, 0.1) is 0 Å². The van der Waals surface area contributed by atoms with Crippen LogP contribution < -0.4 is 0 Å². The summed E-state index contributed by atoms with van der Waals surface area (Å²) in [5, 5.41) is 0. The number of rotatable bonds is 3. The molecular weight excluding hydrogens is 204 g/mol. The van der Waals surface area contributed by atoms with Crippen LogP contribution >= 0.6 is 15.9 Å². The van der Waals surface area contributed by atoms with Gasteiger partial charge in [-0.3, -0.25) is 4.79 Å². The number of hydrogen-bond donors (Lipinski definition) is 0. The molecule has 0 atom stereocenters. The Morgan fingerprint density at radius 3 is 2.45 bits per heavy atom. The first-order valence-corrected chi connectivity index (χ1v) is 4.30.